The van der Waals surface area contributed by atoms with Gasteiger partial charge in [-0.25, -0.2) is 9.37 Å². The molecule has 0 aliphatic rings. The number of amides is 2. The Morgan fingerprint density at radius 3 is 2.57 bits per heavy atom. The van der Waals surface area contributed by atoms with Gasteiger partial charge in [-0.05, 0) is 54.6 Å². The van der Waals surface area contributed by atoms with Gasteiger partial charge in [0.05, 0.1) is 16.0 Å². The normalized spacial score (nSPS) is 10.7. The van der Waals surface area contributed by atoms with Gasteiger partial charge in [0.2, 0.25) is 5.91 Å². The Bertz CT molecular complexity index is 1180. The number of halogens is 1. The molecule has 4 rings (SSSR count). The van der Waals surface area contributed by atoms with Gasteiger partial charge in [-0.1, -0.05) is 29.5 Å². The lowest BCUT2D eigenvalue weighted by molar-refractivity contribution is -0.113. The maximum Gasteiger partial charge on any atom is 0.255 e. The Morgan fingerprint density at radius 1 is 0.967 bits per heavy atom. The minimum absolute atomic E-state index is 0.153. The molecule has 0 radical (unpaired) electrons. The van der Waals surface area contributed by atoms with Gasteiger partial charge in [0.1, 0.15) is 5.82 Å². The number of thioether (sulfide) groups is 1. The summed E-state index contributed by atoms with van der Waals surface area (Å²) >= 11 is 2.79. The molecule has 0 bridgehead atoms. The summed E-state index contributed by atoms with van der Waals surface area (Å²) in [6.07, 6.45) is 0. The molecule has 0 aliphatic carbocycles. The standard InChI is InChI=1S/C22H16FN3O2S2/c23-15-10-8-14(9-11-15)21(28)24-16-4-3-5-17(12-16)29-13-20(27)26-22-25-18-6-1-2-7-19(18)30-22/h1-12H,13H2,(H,24,28)(H,25,26,27). The average molecular weight is 438 g/mol. The van der Waals surface area contributed by atoms with Crippen molar-refractivity contribution < 1.29 is 14.0 Å². The van der Waals surface area contributed by atoms with Gasteiger partial charge in [-0.15, -0.1) is 11.8 Å². The third-order valence-electron chi connectivity index (χ3n) is 4.11. The first-order valence-corrected chi connectivity index (χ1v) is 10.8. The van der Waals surface area contributed by atoms with E-state index in [1.54, 1.807) is 18.2 Å². The van der Waals surface area contributed by atoms with Crippen molar-refractivity contribution in [2.24, 2.45) is 0 Å². The summed E-state index contributed by atoms with van der Waals surface area (Å²) in [5.74, 6) is -0.662. The van der Waals surface area contributed by atoms with E-state index in [0.29, 0.717) is 16.4 Å². The smallest absolute Gasteiger partial charge is 0.255 e. The highest BCUT2D eigenvalue weighted by atomic mass is 32.2. The minimum atomic E-state index is -0.394. The molecule has 4 aromatic rings. The van der Waals surface area contributed by atoms with Crippen molar-refractivity contribution in [2.45, 2.75) is 4.90 Å². The maximum atomic E-state index is 13.0. The van der Waals surface area contributed by atoms with E-state index in [-0.39, 0.29) is 17.6 Å². The Labute approximate surface area is 180 Å². The molecular formula is C22H16FN3O2S2. The molecule has 8 heteroatoms. The third kappa shape index (κ3) is 5.03. The van der Waals surface area contributed by atoms with Crippen molar-refractivity contribution in [3.63, 3.8) is 0 Å². The number of carbonyl (C=O) groups excluding carboxylic acids is 2. The van der Waals surface area contributed by atoms with Crippen molar-refractivity contribution in [1.82, 2.24) is 4.98 Å². The zero-order valence-electron chi connectivity index (χ0n) is 15.6. The van der Waals surface area contributed by atoms with Gasteiger partial charge in [0.25, 0.3) is 5.91 Å². The summed E-state index contributed by atoms with van der Waals surface area (Å²) in [5.41, 5.74) is 1.82. The molecule has 3 aromatic carbocycles. The molecule has 0 saturated carbocycles. The predicted molar refractivity (Wildman–Crippen MR) is 120 cm³/mol. The molecule has 0 saturated heterocycles. The van der Waals surface area contributed by atoms with Crippen molar-refractivity contribution in [1.29, 1.82) is 0 Å². The largest absolute Gasteiger partial charge is 0.322 e. The third-order valence-corrected chi connectivity index (χ3v) is 6.05. The van der Waals surface area contributed by atoms with E-state index in [2.05, 4.69) is 15.6 Å². The molecule has 1 heterocycles. The second kappa shape index (κ2) is 9.06. The lowest BCUT2D eigenvalue weighted by Gasteiger charge is -2.07. The number of fused-ring (bicyclic) bond motifs is 1. The summed E-state index contributed by atoms with van der Waals surface area (Å²) in [6, 6.07) is 20.3. The summed E-state index contributed by atoms with van der Waals surface area (Å²) in [5, 5.41) is 6.17. The van der Waals surface area contributed by atoms with Crippen LogP contribution in [0.4, 0.5) is 15.2 Å². The molecule has 5 nitrogen and oxygen atoms in total. The fraction of sp³-hybridized carbons (Fsp3) is 0.0455. The number of benzene rings is 3. The van der Waals surface area contributed by atoms with Crippen LogP contribution >= 0.6 is 23.1 Å². The SMILES string of the molecule is O=C(CSc1cccc(NC(=O)c2ccc(F)cc2)c1)Nc1nc2ccccc2s1. The molecule has 1 aromatic heterocycles. The molecule has 0 fully saturated rings. The van der Waals surface area contributed by atoms with Gasteiger partial charge in [-0.3, -0.25) is 9.59 Å². The first kappa shape index (κ1) is 20.1. The predicted octanol–water partition coefficient (Wildman–Crippen LogP) is 5.42. The Morgan fingerprint density at radius 2 is 1.77 bits per heavy atom. The number of rotatable bonds is 6. The first-order chi connectivity index (χ1) is 14.6. The highest BCUT2D eigenvalue weighted by Gasteiger charge is 2.10. The lowest BCUT2D eigenvalue weighted by Crippen LogP contribution is -2.14. The van der Waals surface area contributed by atoms with E-state index >= 15 is 0 Å². The molecule has 0 atom stereocenters. The van der Waals surface area contributed by atoms with E-state index in [1.807, 2.05) is 30.3 Å². The number of carbonyl (C=O) groups is 2. The number of para-hydroxylation sites is 1. The summed E-state index contributed by atoms with van der Waals surface area (Å²) in [6.45, 7) is 0. The van der Waals surface area contributed by atoms with Crippen molar-refractivity contribution >= 4 is 55.9 Å². The second-order valence-electron chi connectivity index (χ2n) is 6.31. The molecule has 0 aliphatic heterocycles. The molecule has 30 heavy (non-hydrogen) atoms. The summed E-state index contributed by atoms with van der Waals surface area (Å²) in [4.78, 5) is 29.8. The number of hydrogen-bond donors (Lipinski definition) is 2. The van der Waals surface area contributed by atoms with Crippen LogP contribution in [0.1, 0.15) is 10.4 Å². The number of hydrogen-bond acceptors (Lipinski definition) is 5. The minimum Gasteiger partial charge on any atom is -0.322 e. The van der Waals surface area contributed by atoms with Crippen LogP contribution in [-0.4, -0.2) is 22.6 Å². The molecule has 150 valence electrons. The van der Waals surface area contributed by atoms with E-state index in [1.165, 1.54) is 47.4 Å². The Kier molecular flexibility index (Phi) is 6.06. The number of thiazole rings is 1. The van der Waals surface area contributed by atoms with Crippen LogP contribution in [0.5, 0.6) is 0 Å². The van der Waals surface area contributed by atoms with Crippen LogP contribution in [0.3, 0.4) is 0 Å². The van der Waals surface area contributed by atoms with E-state index in [9.17, 15) is 14.0 Å². The van der Waals surface area contributed by atoms with Gasteiger partial charge < -0.3 is 10.6 Å². The zero-order chi connectivity index (χ0) is 20.9. The van der Waals surface area contributed by atoms with Gasteiger partial charge >= 0.3 is 0 Å². The molecule has 2 amide bonds. The number of nitrogens with zero attached hydrogens (tertiary/aromatic N) is 1. The van der Waals surface area contributed by atoms with Crippen molar-refractivity contribution in [3.8, 4) is 0 Å². The first-order valence-electron chi connectivity index (χ1n) is 9.02. The van der Waals surface area contributed by atoms with Crippen LogP contribution in [0, 0.1) is 5.82 Å². The van der Waals surface area contributed by atoms with E-state index < -0.39 is 5.82 Å². The molecular weight excluding hydrogens is 421 g/mol. The van der Waals surface area contributed by atoms with Gasteiger partial charge in [0.15, 0.2) is 5.13 Å². The van der Waals surface area contributed by atoms with E-state index in [4.69, 9.17) is 0 Å². The molecule has 0 unspecified atom stereocenters. The highest BCUT2D eigenvalue weighted by Crippen LogP contribution is 2.26. The average Bonchev–Trinajstić information content (AvgIpc) is 3.15. The maximum absolute atomic E-state index is 13.0. The number of nitrogens with one attached hydrogen (secondary N) is 2. The van der Waals surface area contributed by atoms with Crippen molar-refractivity contribution in [2.75, 3.05) is 16.4 Å². The van der Waals surface area contributed by atoms with Crippen molar-refractivity contribution in [3.05, 3.63) is 84.2 Å². The Balaban J connectivity index is 1.34. The van der Waals surface area contributed by atoms with Crippen LogP contribution < -0.4 is 10.6 Å². The number of anilines is 2. The van der Waals surface area contributed by atoms with Gasteiger partial charge in [-0.2, -0.15) is 0 Å². The number of aromatic nitrogens is 1. The molecule has 2 N–H and O–H groups in total. The lowest BCUT2D eigenvalue weighted by atomic mass is 10.2. The molecule has 0 spiro atoms. The second-order valence-corrected chi connectivity index (χ2v) is 8.39. The summed E-state index contributed by atoms with van der Waals surface area (Å²) in [7, 11) is 0. The van der Waals surface area contributed by atoms with Gasteiger partial charge in [0, 0.05) is 16.1 Å². The van der Waals surface area contributed by atoms with E-state index in [0.717, 1.165) is 15.1 Å². The van der Waals surface area contributed by atoms with Crippen LogP contribution in [0.15, 0.2) is 77.7 Å². The van der Waals surface area contributed by atoms with Crippen LogP contribution in [0.25, 0.3) is 10.2 Å². The fourth-order valence-electron chi connectivity index (χ4n) is 2.70. The zero-order valence-corrected chi connectivity index (χ0v) is 17.2. The highest BCUT2D eigenvalue weighted by molar-refractivity contribution is 8.00. The quantitative estimate of drug-likeness (QED) is 0.395. The van der Waals surface area contributed by atoms with Crippen LogP contribution in [-0.2, 0) is 4.79 Å². The summed E-state index contributed by atoms with van der Waals surface area (Å²) < 4.78 is 14.0. The monoisotopic (exact) mass is 437 g/mol. The fourth-order valence-corrected chi connectivity index (χ4v) is 4.34. The Hall–Kier alpha value is -3.23. The topological polar surface area (TPSA) is 71.1 Å². The van der Waals surface area contributed by atoms with Crippen LogP contribution in [0.2, 0.25) is 0 Å².